The van der Waals surface area contributed by atoms with Crippen LogP contribution in [-0.2, 0) is 0 Å². The predicted molar refractivity (Wildman–Crippen MR) is 69.9 cm³/mol. The highest BCUT2D eigenvalue weighted by Crippen LogP contribution is 2.22. The number of ether oxygens (including phenoxy) is 1. The van der Waals surface area contributed by atoms with Gasteiger partial charge in [-0.15, -0.1) is 0 Å². The molecule has 1 N–H and O–H groups in total. The van der Waals surface area contributed by atoms with E-state index in [1.165, 1.54) is 0 Å². The van der Waals surface area contributed by atoms with Gasteiger partial charge in [0.1, 0.15) is 5.75 Å². The summed E-state index contributed by atoms with van der Waals surface area (Å²) in [5.41, 5.74) is 1.85. The molecule has 0 aliphatic carbocycles. The highest BCUT2D eigenvalue weighted by molar-refractivity contribution is 5.59. The number of hydrogen-bond donors (Lipinski definition) is 1. The van der Waals surface area contributed by atoms with E-state index in [0.717, 1.165) is 17.0 Å². The lowest BCUT2D eigenvalue weighted by Crippen LogP contribution is -1.92. The lowest BCUT2D eigenvalue weighted by Gasteiger charge is -2.05. The topological polar surface area (TPSA) is 21.3 Å². The Morgan fingerprint density at radius 3 is 2.41 bits per heavy atom. The number of hydrogen-bond acceptors (Lipinski definition) is 2. The summed E-state index contributed by atoms with van der Waals surface area (Å²) in [6, 6.07) is 20.4. The van der Waals surface area contributed by atoms with Crippen LogP contribution in [0.25, 0.3) is 0 Å². The van der Waals surface area contributed by atoms with Crippen LogP contribution in [0.2, 0.25) is 0 Å². The second-order valence-electron chi connectivity index (χ2n) is 3.44. The van der Waals surface area contributed by atoms with Gasteiger partial charge in [0.25, 0.3) is 0 Å². The normalized spacial score (nSPS) is 9.00. The third-order valence-corrected chi connectivity index (χ3v) is 2.28. The van der Waals surface area contributed by atoms with Crippen molar-refractivity contribution in [1.82, 2.24) is 0 Å². The van der Waals surface area contributed by atoms with E-state index in [1.54, 1.807) is 7.11 Å². The summed E-state index contributed by atoms with van der Waals surface area (Å²) in [5.74, 6) is 3.81. The van der Waals surface area contributed by atoms with Crippen LogP contribution in [0.3, 0.4) is 0 Å². The average Bonchev–Trinajstić information content (AvgIpc) is 2.40. The molecule has 0 aromatic heterocycles. The van der Waals surface area contributed by atoms with E-state index in [1.807, 2.05) is 54.6 Å². The molecule has 84 valence electrons. The molecule has 0 aliphatic rings. The molecule has 0 aliphatic heterocycles. The van der Waals surface area contributed by atoms with E-state index in [4.69, 9.17) is 4.74 Å². The summed E-state index contributed by atoms with van der Waals surface area (Å²) < 4.78 is 5.22. The van der Waals surface area contributed by atoms with Gasteiger partial charge in [0.2, 0.25) is 0 Å². The molecule has 0 spiro atoms. The van der Waals surface area contributed by atoms with Crippen molar-refractivity contribution in [2.24, 2.45) is 0 Å². The lowest BCUT2D eigenvalue weighted by atomic mass is 10.2. The molecule has 0 amide bonds. The fraction of sp³-hybridized carbons (Fsp3) is 0.0667. The van der Waals surface area contributed by atoms with Gasteiger partial charge in [0.05, 0.1) is 12.8 Å². The predicted octanol–water partition coefficient (Wildman–Crippen LogP) is 3.12. The molecule has 2 rings (SSSR count). The zero-order valence-electron chi connectivity index (χ0n) is 9.60. The molecule has 0 unspecified atom stereocenters. The first-order valence-corrected chi connectivity index (χ1v) is 5.35. The zero-order valence-corrected chi connectivity index (χ0v) is 9.60. The summed E-state index contributed by atoms with van der Waals surface area (Å²) in [4.78, 5) is 0. The fourth-order valence-corrected chi connectivity index (χ4v) is 1.44. The Bertz CT molecular complexity index is 538. The molecule has 2 aromatic carbocycles. The minimum atomic E-state index is 0.787. The molecule has 2 heteroatoms. The Kier molecular flexibility index (Phi) is 3.67. The van der Waals surface area contributed by atoms with E-state index >= 15 is 0 Å². The van der Waals surface area contributed by atoms with Crippen molar-refractivity contribution in [2.75, 3.05) is 12.4 Å². The van der Waals surface area contributed by atoms with Crippen LogP contribution in [0.4, 0.5) is 5.69 Å². The summed E-state index contributed by atoms with van der Waals surface area (Å²) in [6.45, 7) is 0. The van der Waals surface area contributed by atoms with Crippen LogP contribution in [0, 0.1) is 12.0 Å². The minimum Gasteiger partial charge on any atom is -0.495 e. The number of methoxy groups -OCH3 is 1. The molecule has 17 heavy (non-hydrogen) atoms. The third kappa shape index (κ3) is 3.02. The van der Waals surface area contributed by atoms with Gasteiger partial charge in [0, 0.05) is 11.6 Å². The van der Waals surface area contributed by atoms with E-state index in [0.29, 0.717) is 0 Å². The fourth-order valence-electron chi connectivity index (χ4n) is 1.44. The first-order valence-electron chi connectivity index (χ1n) is 5.35. The first kappa shape index (κ1) is 11.1. The summed E-state index contributed by atoms with van der Waals surface area (Å²) in [5, 5.41) is 3.03. The van der Waals surface area contributed by atoms with Crippen LogP contribution in [-0.4, -0.2) is 7.11 Å². The van der Waals surface area contributed by atoms with Gasteiger partial charge in [-0.3, -0.25) is 0 Å². The molecule has 0 saturated heterocycles. The second kappa shape index (κ2) is 5.62. The monoisotopic (exact) mass is 223 g/mol. The third-order valence-electron chi connectivity index (χ3n) is 2.28. The van der Waals surface area contributed by atoms with Crippen LogP contribution in [0.5, 0.6) is 5.75 Å². The van der Waals surface area contributed by atoms with E-state index < -0.39 is 0 Å². The summed E-state index contributed by atoms with van der Waals surface area (Å²) in [6.07, 6.45) is 0. The molecule has 0 bridgehead atoms. The van der Waals surface area contributed by atoms with Crippen LogP contribution < -0.4 is 10.1 Å². The van der Waals surface area contributed by atoms with Gasteiger partial charge in [0.15, 0.2) is 0 Å². The van der Waals surface area contributed by atoms with Crippen molar-refractivity contribution in [3.63, 3.8) is 0 Å². The number of para-hydroxylation sites is 2. The Labute approximate surface area is 101 Å². The van der Waals surface area contributed by atoms with Crippen LogP contribution >= 0.6 is 0 Å². The number of anilines is 1. The Balaban J connectivity index is 2.10. The number of nitrogens with one attached hydrogen (secondary N) is 1. The van der Waals surface area contributed by atoms with Crippen molar-refractivity contribution in [1.29, 1.82) is 0 Å². The van der Waals surface area contributed by atoms with Crippen molar-refractivity contribution in [3.8, 4) is 17.7 Å². The standard InChI is InChI=1S/C15H13NO/c1-17-15-10-6-5-9-14(15)16-12-11-13-7-3-2-4-8-13/h2-10,16H,1H3. The molecule has 0 atom stereocenters. The molecule has 2 nitrogen and oxygen atoms in total. The highest BCUT2D eigenvalue weighted by Gasteiger charge is 1.97. The van der Waals surface area contributed by atoms with E-state index in [9.17, 15) is 0 Å². The number of benzene rings is 2. The maximum absolute atomic E-state index is 5.22. The minimum absolute atomic E-state index is 0.787. The first-order chi connectivity index (χ1) is 8.40. The van der Waals surface area contributed by atoms with Crippen molar-refractivity contribution in [3.05, 3.63) is 60.2 Å². The summed E-state index contributed by atoms with van der Waals surface area (Å²) >= 11 is 0. The molecule has 0 saturated carbocycles. The van der Waals surface area contributed by atoms with Gasteiger partial charge >= 0.3 is 0 Å². The van der Waals surface area contributed by atoms with Crippen molar-refractivity contribution in [2.45, 2.75) is 0 Å². The van der Waals surface area contributed by atoms with Crippen molar-refractivity contribution < 1.29 is 4.74 Å². The van der Waals surface area contributed by atoms with Crippen molar-refractivity contribution >= 4 is 5.69 Å². The SMILES string of the molecule is COc1ccccc1NC#Cc1ccccc1. The second-order valence-corrected chi connectivity index (χ2v) is 3.44. The van der Waals surface area contributed by atoms with Gasteiger partial charge < -0.3 is 10.1 Å². The van der Waals surface area contributed by atoms with Gasteiger partial charge in [-0.05, 0) is 30.2 Å². The maximum Gasteiger partial charge on any atom is 0.142 e. The molecule has 0 fully saturated rings. The van der Waals surface area contributed by atoms with Gasteiger partial charge in [-0.1, -0.05) is 30.3 Å². The molecule has 0 radical (unpaired) electrons. The smallest absolute Gasteiger partial charge is 0.142 e. The Morgan fingerprint density at radius 2 is 1.65 bits per heavy atom. The molecular formula is C15H13NO. The zero-order chi connectivity index (χ0) is 11.9. The molecular weight excluding hydrogens is 210 g/mol. The average molecular weight is 223 g/mol. The molecule has 2 aromatic rings. The van der Waals surface area contributed by atoms with E-state index in [-0.39, 0.29) is 0 Å². The van der Waals surface area contributed by atoms with Crippen LogP contribution in [0.1, 0.15) is 5.56 Å². The van der Waals surface area contributed by atoms with Gasteiger partial charge in [-0.2, -0.15) is 0 Å². The van der Waals surface area contributed by atoms with E-state index in [2.05, 4.69) is 17.3 Å². The number of rotatable bonds is 2. The highest BCUT2D eigenvalue weighted by atomic mass is 16.5. The quantitative estimate of drug-likeness (QED) is 0.624. The maximum atomic E-state index is 5.22. The molecule has 0 heterocycles. The lowest BCUT2D eigenvalue weighted by molar-refractivity contribution is 0.417. The Morgan fingerprint density at radius 1 is 0.941 bits per heavy atom. The van der Waals surface area contributed by atoms with Crippen LogP contribution in [0.15, 0.2) is 54.6 Å². The largest absolute Gasteiger partial charge is 0.495 e. The Hall–Kier alpha value is -2.40. The summed E-state index contributed by atoms with van der Waals surface area (Å²) in [7, 11) is 1.64. The van der Waals surface area contributed by atoms with Gasteiger partial charge in [-0.25, -0.2) is 0 Å².